The molecular formula is C12H17N5O2S. The summed E-state index contributed by atoms with van der Waals surface area (Å²) in [6.45, 7) is 2.45. The molecule has 0 aliphatic carbocycles. The van der Waals surface area contributed by atoms with Crippen molar-refractivity contribution in [2.75, 3.05) is 11.1 Å². The van der Waals surface area contributed by atoms with Crippen molar-refractivity contribution in [2.45, 2.75) is 18.4 Å². The van der Waals surface area contributed by atoms with E-state index in [0.29, 0.717) is 12.2 Å². The predicted octanol–water partition coefficient (Wildman–Crippen LogP) is 0.570. The molecule has 2 aromatic rings. The topological polar surface area (TPSA) is 116 Å². The first-order chi connectivity index (χ1) is 9.30. The van der Waals surface area contributed by atoms with Gasteiger partial charge in [-0.3, -0.25) is 4.68 Å². The van der Waals surface area contributed by atoms with Crippen LogP contribution in [0.25, 0.3) is 0 Å². The largest absolute Gasteiger partial charge is 0.396 e. The van der Waals surface area contributed by atoms with Crippen LogP contribution in [0.15, 0.2) is 29.3 Å². The van der Waals surface area contributed by atoms with E-state index in [1.807, 2.05) is 14.0 Å². The lowest BCUT2D eigenvalue weighted by Crippen LogP contribution is -2.15. The molecule has 0 aliphatic heterocycles. The van der Waals surface area contributed by atoms with Gasteiger partial charge in [-0.2, -0.15) is 5.10 Å². The van der Waals surface area contributed by atoms with Crippen molar-refractivity contribution in [2.24, 2.45) is 12.2 Å². The summed E-state index contributed by atoms with van der Waals surface area (Å²) in [5.74, 6) is 0. The van der Waals surface area contributed by atoms with E-state index >= 15 is 0 Å². The molecule has 108 valence electrons. The standard InChI is InChI=1S/C12H17N5O2S/c1-8-9(7-16-17(8)2)6-15-10-4-3-5-11(12(10)13)20(14,18)19/h3-5,7,15H,6,13H2,1-2H3,(H2,14,18,19). The van der Waals surface area contributed by atoms with Gasteiger partial charge >= 0.3 is 0 Å². The number of anilines is 2. The summed E-state index contributed by atoms with van der Waals surface area (Å²) in [6.07, 6.45) is 1.75. The van der Waals surface area contributed by atoms with Crippen molar-refractivity contribution in [1.82, 2.24) is 9.78 Å². The molecule has 0 fully saturated rings. The summed E-state index contributed by atoms with van der Waals surface area (Å²) in [5.41, 5.74) is 8.52. The smallest absolute Gasteiger partial charge is 0.240 e. The van der Waals surface area contributed by atoms with Gasteiger partial charge in [0, 0.05) is 24.8 Å². The van der Waals surface area contributed by atoms with E-state index in [1.54, 1.807) is 23.0 Å². The first kappa shape index (κ1) is 14.4. The Bertz CT molecular complexity index is 736. The minimum Gasteiger partial charge on any atom is -0.396 e. The van der Waals surface area contributed by atoms with Gasteiger partial charge in [0.05, 0.1) is 17.6 Å². The lowest BCUT2D eigenvalue weighted by Gasteiger charge is -2.11. The van der Waals surface area contributed by atoms with Gasteiger partial charge in [-0.25, -0.2) is 13.6 Å². The Balaban J connectivity index is 2.25. The van der Waals surface area contributed by atoms with E-state index in [0.717, 1.165) is 11.3 Å². The number of nitrogens with zero attached hydrogens (tertiary/aromatic N) is 2. The molecule has 0 unspecified atom stereocenters. The molecule has 0 spiro atoms. The van der Waals surface area contributed by atoms with Crippen LogP contribution in [0.5, 0.6) is 0 Å². The van der Waals surface area contributed by atoms with Crippen LogP contribution in [-0.4, -0.2) is 18.2 Å². The number of hydrogen-bond donors (Lipinski definition) is 3. The second-order valence-corrected chi connectivity index (χ2v) is 6.02. The van der Waals surface area contributed by atoms with Gasteiger partial charge in [0.1, 0.15) is 4.90 Å². The third-order valence-electron chi connectivity index (χ3n) is 3.18. The average molecular weight is 295 g/mol. The van der Waals surface area contributed by atoms with Crippen LogP contribution >= 0.6 is 0 Å². The molecular weight excluding hydrogens is 278 g/mol. The molecule has 0 bridgehead atoms. The lowest BCUT2D eigenvalue weighted by molar-refractivity contribution is 0.598. The number of primary sulfonamides is 1. The fourth-order valence-corrected chi connectivity index (χ4v) is 2.54. The van der Waals surface area contributed by atoms with Gasteiger partial charge in [0.25, 0.3) is 0 Å². The molecule has 1 heterocycles. The van der Waals surface area contributed by atoms with Gasteiger partial charge in [-0.05, 0) is 19.1 Å². The van der Waals surface area contributed by atoms with Gasteiger partial charge < -0.3 is 11.1 Å². The third-order valence-corrected chi connectivity index (χ3v) is 4.15. The summed E-state index contributed by atoms with van der Waals surface area (Å²) in [4.78, 5) is -0.0783. The van der Waals surface area contributed by atoms with Crippen LogP contribution in [0.1, 0.15) is 11.3 Å². The van der Waals surface area contributed by atoms with E-state index < -0.39 is 10.0 Å². The normalized spacial score (nSPS) is 11.6. The Labute approximate surface area is 117 Å². The third kappa shape index (κ3) is 2.75. The van der Waals surface area contributed by atoms with Gasteiger partial charge in [-0.15, -0.1) is 0 Å². The summed E-state index contributed by atoms with van der Waals surface area (Å²) in [6, 6.07) is 4.68. The van der Waals surface area contributed by atoms with E-state index in [1.165, 1.54) is 6.07 Å². The Morgan fingerprint density at radius 2 is 2.10 bits per heavy atom. The lowest BCUT2D eigenvalue weighted by atomic mass is 10.2. The van der Waals surface area contributed by atoms with E-state index in [-0.39, 0.29) is 10.6 Å². The number of nitrogens with two attached hydrogens (primary N) is 2. The fourth-order valence-electron chi connectivity index (χ4n) is 1.85. The molecule has 0 saturated carbocycles. The summed E-state index contributed by atoms with van der Waals surface area (Å²) < 4.78 is 24.6. The molecule has 7 nitrogen and oxygen atoms in total. The summed E-state index contributed by atoms with van der Waals surface area (Å²) in [7, 11) is -1.97. The van der Waals surface area contributed by atoms with Gasteiger partial charge in [0.15, 0.2) is 0 Å². The number of benzene rings is 1. The first-order valence-electron chi connectivity index (χ1n) is 5.93. The van der Waals surface area contributed by atoms with E-state index in [2.05, 4.69) is 10.4 Å². The molecule has 0 amide bonds. The molecule has 0 radical (unpaired) electrons. The second kappa shape index (κ2) is 5.14. The highest BCUT2D eigenvalue weighted by Gasteiger charge is 2.14. The second-order valence-electron chi connectivity index (χ2n) is 4.49. The highest BCUT2D eigenvalue weighted by atomic mass is 32.2. The number of rotatable bonds is 4. The number of para-hydroxylation sites is 1. The molecule has 20 heavy (non-hydrogen) atoms. The van der Waals surface area contributed by atoms with Crippen LogP contribution in [0.3, 0.4) is 0 Å². The maximum absolute atomic E-state index is 11.4. The van der Waals surface area contributed by atoms with Crippen LogP contribution < -0.4 is 16.2 Å². The molecule has 1 aromatic heterocycles. The Morgan fingerprint density at radius 3 is 2.65 bits per heavy atom. The highest BCUT2D eigenvalue weighted by molar-refractivity contribution is 7.89. The van der Waals surface area contributed by atoms with E-state index in [4.69, 9.17) is 10.9 Å². The number of hydrogen-bond acceptors (Lipinski definition) is 5. The first-order valence-corrected chi connectivity index (χ1v) is 7.48. The SMILES string of the molecule is Cc1c(CNc2cccc(S(N)(=O)=O)c2N)cnn1C. The molecule has 0 atom stereocenters. The molecule has 0 aliphatic rings. The fraction of sp³-hybridized carbons (Fsp3) is 0.250. The molecule has 8 heteroatoms. The van der Waals surface area contributed by atoms with E-state index in [9.17, 15) is 8.42 Å². The monoisotopic (exact) mass is 295 g/mol. The van der Waals surface area contributed by atoms with Crippen molar-refractivity contribution in [1.29, 1.82) is 0 Å². The molecule has 5 N–H and O–H groups in total. The summed E-state index contributed by atoms with van der Waals surface area (Å²) in [5, 5.41) is 12.3. The van der Waals surface area contributed by atoms with Crippen molar-refractivity contribution < 1.29 is 8.42 Å². The van der Waals surface area contributed by atoms with Gasteiger partial charge in [0.2, 0.25) is 10.0 Å². The maximum Gasteiger partial charge on any atom is 0.240 e. The van der Waals surface area contributed by atoms with Crippen LogP contribution in [0.2, 0.25) is 0 Å². The number of nitrogen functional groups attached to an aromatic ring is 1. The number of aromatic nitrogens is 2. The van der Waals surface area contributed by atoms with Crippen molar-refractivity contribution >= 4 is 21.4 Å². The van der Waals surface area contributed by atoms with Crippen molar-refractivity contribution in [3.63, 3.8) is 0 Å². The Morgan fingerprint density at radius 1 is 1.40 bits per heavy atom. The highest BCUT2D eigenvalue weighted by Crippen LogP contribution is 2.26. The maximum atomic E-state index is 11.4. The Kier molecular flexibility index (Phi) is 3.69. The minimum atomic E-state index is -3.82. The minimum absolute atomic E-state index is 0.0783. The zero-order valence-corrected chi connectivity index (χ0v) is 12.1. The number of nitrogens with one attached hydrogen (secondary N) is 1. The zero-order chi connectivity index (χ0) is 14.9. The molecule has 1 aromatic carbocycles. The molecule has 0 saturated heterocycles. The van der Waals surface area contributed by atoms with Crippen LogP contribution in [-0.2, 0) is 23.6 Å². The van der Waals surface area contributed by atoms with Crippen molar-refractivity contribution in [3.8, 4) is 0 Å². The number of sulfonamides is 1. The van der Waals surface area contributed by atoms with Crippen LogP contribution in [0.4, 0.5) is 11.4 Å². The molecule has 2 rings (SSSR count). The average Bonchev–Trinajstić information content (AvgIpc) is 2.67. The summed E-state index contributed by atoms with van der Waals surface area (Å²) >= 11 is 0. The Hall–Kier alpha value is -2.06. The zero-order valence-electron chi connectivity index (χ0n) is 11.3. The predicted molar refractivity (Wildman–Crippen MR) is 77.5 cm³/mol. The number of aryl methyl sites for hydroxylation is 1. The van der Waals surface area contributed by atoms with Crippen LogP contribution in [0, 0.1) is 6.92 Å². The van der Waals surface area contributed by atoms with Gasteiger partial charge in [-0.1, -0.05) is 6.07 Å². The quantitative estimate of drug-likeness (QED) is 0.713. The van der Waals surface area contributed by atoms with Crippen molar-refractivity contribution in [3.05, 3.63) is 35.7 Å².